The first-order chi connectivity index (χ1) is 9.91. The maximum Gasteiger partial charge on any atom is 0.243 e. The largest absolute Gasteiger partial charge is 0.329 e. The number of hydrogen-bond donors (Lipinski definition) is 1. The van der Waals surface area contributed by atoms with E-state index in [2.05, 4.69) is 0 Å². The molecular formula is C14H18ClN3O2S. The van der Waals surface area contributed by atoms with E-state index in [0.29, 0.717) is 6.54 Å². The Bertz CT molecular complexity index is 669. The van der Waals surface area contributed by atoms with Gasteiger partial charge in [0.1, 0.15) is 6.07 Å². The quantitative estimate of drug-likeness (QED) is 0.921. The molecule has 2 N–H and O–H groups in total. The molecule has 1 aliphatic heterocycles. The number of benzene rings is 1. The SMILES string of the molecule is CC1CCCC(CN)N1S(=O)(=O)c1ccc(C#N)c(Cl)c1. The molecule has 2 atom stereocenters. The number of halogens is 1. The fourth-order valence-corrected chi connectivity index (χ4v) is 4.99. The molecule has 0 spiro atoms. The second-order valence-electron chi connectivity index (χ2n) is 5.26. The molecular weight excluding hydrogens is 310 g/mol. The van der Waals surface area contributed by atoms with E-state index in [9.17, 15) is 8.42 Å². The molecule has 2 rings (SSSR count). The number of nitrogens with zero attached hydrogens (tertiary/aromatic N) is 2. The lowest BCUT2D eigenvalue weighted by Gasteiger charge is -2.39. The van der Waals surface area contributed by atoms with Gasteiger partial charge in [-0.25, -0.2) is 8.42 Å². The summed E-state index contributed by atoms with van der Waals surface area (Å²) in [5.41, 5.74) is 5.99. The van der Waals surface area contributed by atoms with E-state index in [1.807, 2.05) is 13.0 Å². The average molecular weight is 328 g/mol. The minimum absolute atomic E-state index is 0.0910. The molecule has 21 heavy (non-hydrogen) atoms. The van der Waals surface area contributed by atoms with Crippen LogP contribution in [0.1, 0.15) is 31.7 Å². The summed E-state index contributed by atoms with van der Waals surface area (Å²) in [6.07, 6.45) is 2.56. The van der Waals surface area contributed by atoms with Crippen molar-refractivity contribution < 1.29 is 8.42 Å². The number of piperidine rings is 1. The Labute approximate surface area is 130 Å². The van der Waals surface area contributed by atoms with Crippen molar-refractivity contribution in [1.82, 2.24) is 4.31 Å². The summed E-state index contributed by atoms with van der Waals surface area (Å²) in [7, 11) is -3.66. The molecule has 1 aromatic rings. The summed E-state index contributed by atoms with van der Waals surface area (Å²) in [6.45, 7) is 2.19. The highest BCUT2D eigenvalue weighted by molar-refractivity contribution is 7.89. The van der Waals surface area contributed by atoms with Crippen LogP contribution in [0.3, 0.4) is 0 Å². The van der Waals surface area contributed by atoms with Crippen LogP contribution in [0.15, 0.2) is 23.1 Å². The number of rotatable bonds is 3. The van der Waals surface area contributed by atoms with Gasteiger partial charge in [-0.2, -0.15) is 9.57 Å². The summed E-state index contributed by atoms with van der Waals surface area (Å²) >= 11 is 5.95. The van der Waals surface area contributed by atoms with Gasteiger partial charge in [-0.3, -0.25) is 0 Å². The van der Waals surface area contributed by atoms with Gasteiger partial charge in [0.2, 0.25) is 10.0 Å². The molecule has 0 radical (unpaired) electrons. The van der Waals surface area contributed by atoms with Crippen molar-refractivity contribution in [3.05, 3.63) is 28.8 Å². The zero-order valence-corrected chi connectivity index (χ0v) is 13.4. The Morgan fingerprint density at radius 1 is 1.48 bits per heavy atom. The zero-order chi connectivity index (χ0) is 15.6. The van der Waals surface area contributed by atoms with E-state index in [1.165, 1.54) is 22.5 Å². The average Bonchev–Trinajstić information content (AvgIpc) is 2.46. The first-order valence-electron chi connectivity index (χ1n) is 6.85. The van der Waals surface area contributed by atoms with Gasteiger partial charge >= 0.3 is 0 Å². The molecule has 0 aliphatic carbocycles. The molecule has 2 unspecified atom stereocenters. The minimum atomic E-state index is -3.66. The van der Waals surface area contributed by atoms with Crippen LogP contribution in [0, 0.1) is 11.3 Å². The smallest absolute Gasteiger partial charge is 0.243 e. The summed E-state index contributed by atoms with van der Waals surface area (Å²) < 4.78 is 27.2. The van der Waals surface area contributed by atoms with Crippen molar-refractivity contribution in [3.63, 3.8) is 0 Å². The Morgan fingerprint density at radius 2 is 2.19 bits per heavy atom. The van der Waals surface area contributed by atoms with Crippen molar-refractivity contribution in [2.75, 3.05) is 6.54 Å². The third-order valence-corrected chi connectivity index (χ3v) is 6.24. The zero-order valence-electron chi connectivity index (χ0n) is 11.8. The van der Waals surface area contributed by atoms with Gasteiger partial charge in [-0.1, -0.05) is 18.0 Å². The Morgan fingerprint density at radius 3 is 2.76 bits per heavy atom. The minimum Gasteiger partial charge on any atom is -0.329 e. The fraction of sp³-hybridized carbons (Fsp3) is 0.500. The van der Waals surface area contributed by atoms with Crippen molar-refractivity contribution in [2.24, 2.45) is 5.73 Å². The summed E-state index contributed by atoms with van der Waals surface area (Å²) in [6, 6.07) is 5.84. The third kappa shape index (κ3) is 3.06. The standard InChI is InChI=1S/C14H18ClN3O2S/c1-10-3-2-4-12(9-17)18(10)21(19,20)13-6-5-11(8-16)14(15)7-13/h5-7,10,12H,2-4,9,17H2,1H3. The molecule has 1 saturated heterocycles. The lowest BCUT2D eigenvalue weighted by Crippen LogP contribution is -2.51. The lowest BCUT2D eigenvalue weighted by atomic mass is 10.00. The van der Waals surface area contributed by atoms with Crippen LogP contribution in [-0.2, 0) is 10.0 Å². The molecule has 5 nitrogen and oxygen atoms in total. The van der Waals surface area contributed by atoms with Gasteiger partial charge < -0.3 is 5.73 Å². The van der Waals surface area contributed by atoms with E-state index in [4.69, 9.17) is 22.6 Å². The van der Waals surface area contributed by atoms with Crippen LogP contribution in [0.4, 0.5) is 0 Å². The number of hydrogen-bond acceptors (Lipinski definition) is 4. The van der Waals surface area contributed by atoms with E-state index >= 15 is 0 Å². The Balaban J connectivity index is 2.45. The van der Waals surface area contributed by atoms with Crippen LogP contribution in [0.2, 0.25) is 5.02 Å². The highest BCUT2D eigenvalue weighted by atomic mass is 35.5. The molecule has 0 amide bonds. The van der Waals surface area contributed by atoms with Crippen LogP contribution in [0.5, 0.6) is 0 Å². The number of nitriles is 1. The van der Waals surface area contributed by atoms with E-state index in [-0.39, 0.29) is 27.6 Å². The second-order valence-corrected chi connectivity index (χ2v) is 7.51. The van der Waals surface area contributed by atoms with Crippen molar-refractivity contribution in [1.29, 1.82) is 5.26 Å². The molecule has 114 valence electrons. The third-order valence-electron chi connectivity index (χ3n) is 3.86. The van der Waals surface area contributed by atoms with E-state index in [1.54, 1.807) is 0 Å². The van der Waals surface area contributed by atoms with Gasteiger partial charge in [0, 0.05) is 18.6 Å². The van der Waals surface area contributed by atoms with Crippen molar-refractivity contribution in [3.8, 4) is 6.07 Å². The second kappa shape index (κ2) is 6.32. The molecule has 1 heterocycles. The Kier molecular flexibility index (Phi) is 4.89. The molecule has 7 heteroatoms. The van der Waals surface area contributed by atoms with E-state index in [0.717, 1.165) is 19.3 Å². The van der Waals surface area contributed by atoms with Gasteiger partial charge in [-0.05, 0) is 38.0 Å². The molecule has 1 aliphatic rings. The van der Waals surface area contributed by atoms with Gasteiger partial charge in [0.05, 0.1) is 15.5 Å². The van der Waals surface area contributed by atoms with E-state index < -0.39 is 10.0 Å². The van der Waals surface area contributed by atoms with Crippen molar-refractivity contribution >= 4 is 21.6 Å². The first-order valence-corrected chi connectivity index (χ1v) is 8.67. The predicted molar refractivity (Wildman–Crippen MR) is 81.3 cm³/mol. The molecule has 1 aromatic carbocycles. The van der Waals surface area contributed by atoms with Crippen molar-refractivity contribution in [2.45, 2.75) is 43.2 Å². The molecule has 0 aromatic heterocycles. The highest BCUT2D eigenvalue weighted by Crippen LogP contribution is 2.30. The van der Waals surface area contributed by atoms with Crippen LogP contribution < -0.4 is 5.73 Å². The number of nitrogens with two attached hydrogens (primary N) is 1. The van der Waals surface area contributed by atoms with Gasteiger partial charge in [-0.15, -0.1) is 0 Å². The van der Waals surface area contributed by atoms with Gasteiger partial charge in [0.15, 0.2) is 0 Å². The number of sulfonamides is 1. The molecule has 0 saturated carbocycles. The maximum absolute atomic E-state index is 12.8. The Hall–Kier alpha value is -1.13. The van der Waals surface area contributed by atoms with Crippen LogP contribution >= 0.6 is 11.6 Å². The predicted octanol–water partition coefficient (Wildman–Crippen LogP) is 2.10. The highest BCUT2D eigenvalue weighted by Gasteiger charge is 2.37. The molecule has 0 bridgehead atoms. The monoisotopic (exact) mass is 327 g/mol. The summed E-state index contributed by atoms with van der Waals surface area (Å²) in [5, 5.41) is 9.02. The normalized spacial score (nSPS) is 23.7. The molecule has 1 fully saturated rings. The summed E-state index contributed by atoms with van der Waals surface area (Å²) in [5.74, 6) is 0. The first kappa shape index (κ1) is 16.2. The van der Waals surface area contributed by atoms with Crippen LogP contribution in [-0.4, -0.2) is 31.4 Å². The fourth-order valence-electron chi connectivity index (χ4n) is 2.79. The maximum atomic E-state index is 12.8. The summed E-state index contributed by atoms with van der Waals surface area (Å²) in [4.78, 5) is 0.110. The topological polar surface area (TPSA) is 87.2 Å². The van der Waals surface area contributed by atoms with Crippen LogP contribution in [0.25, 0.3) is 0 Å². The lowest BCUT2D eigenvalue weighted by molar-refractivity contribution is 0.196. The van der Waals surface area contributed by atoms with Gasteiger partial charge in [0.25, 0.3) is 0 Å².